The zero-order valence-corrected chi connectivity index (χ0v) is 54.8. The minimum absolute atomic E-state index is 0.0850. The van der Waals surface area contributed by atoms with Crippen LogP contribution in [0.25, 0.3) is 0 Å². The van der Waals surface area contributed by atoms with E-state index in [9.17, 15) is 14.4 Å². The van der Waals surface area contributed by atoms with Crippen molar-refractivity contribution in [3.05, 3.63) is 72.9 Å². The van der Waals surface area contributed by atoms with Gasteiger partial charge in [-0.15, -0.1) is 0 Å². The van der Waals surface area contributed by atoms with Crippen molar-refractivity contribution in [2.45, 2.75) is 380 Å². The summed E-state index contributed by atoms with van der Waals surface area (Å²) >= 11 is 0. The number of ether oxygens (including phenoxy) is 3. The average Bonchev–Trinajstić information content (AvgIpc) is 3.47. The molecular formula is C76H136O6. The van der Waals surface area contributed by atoms with Gasteiger partial charge in [0.15, 0.2) is 6.10 Å². The molecule has 0 amide bonds. The molecule has 0 aliphatic heterocycles. The molecule has 0 N–H and O–H groups in total. The Morgan fingerprint density at radius 2 is 0.476 bits per heavy atom. The van der Waals surface area contributed by atoms with E-state index in [4.69, 9.17) is 14.2 Å². The maximum atomic E-state index is 12.9. The molecule has 0 aromatic rings. The molecule has 82 heavy (non-hydrogen) atoms. The molecule has 0 aliphatic carbocycles. The standard InChI is InChI=1S/C76H136O6/c1-4-7-10-13-16-19-22-25-27-29-30-31-32-33-34-35-36-37-38-39-40-41-42-43-44-45-46-48-49-51-54-57-60-63-66-69-75(78)81-72-73(71-80-74(77)68-65-62-59-56-53-24-21-18-15-12-9-6-3)82-76(79)70-67-64-61-58-55-52-50-47-28-26-23-20-17-14-11-8-5-2/h8,11,17-18,20-21,26,28-30,50,52,73H,4-7,9-10,12-16,19,22-25,27,31-49,51,53-72H2,1-3H3/b11-8-,20-17-,21-18-,28-26-,30-29-,52-50-. The molecule has 1 atom stereocenters. The fourth-order valence-electron chi connectivity index (χ4n) is 10.5. The van der Waals surface area contributed by atoms with Gasteiger partial charge in [0.2, 0.25) is 0 Å². The van der Waals surface area contributed by atoms with Gasteiger partial charge < -0.3 is 14.2 Å². The summed E-state index contributed by atoms with van der Waals surface area (Å²) in [5.74, 6) is -0.902. The summed E-state index contributed by atoms with van der Waals surface area (Å²) in [5.41, 5.74) is 0. The van der Waals surface area contributed by atoms with Gasteiger partial charge in [-0.25, -0.2) is 0 Å². The van der Waals surface area contributed by atoms with Crippen molar-refractivity contribution in [2.24, 2.45) is 0 Å². The van der Waals surface area contributed by atoms with E-state index < -0.39 is 6.10 Å². The maximum Gasteiger partial charge on any atom is 0.306 e. The van der Waals surface area contributed by atoms with Crippen molar-refractivity contribution in [3.63, 3.8) is 0 Å². The Bertz CT molecular complexity index is 1500. The van der Waals surface area contributed by atoms with Crippen molar-refractivity contribution in [2.75, 3.05) is 13.2 Å². The predicted octanol–water partition coefficient (Wildman–Crippen LogP) is 24.8. The number of hydrogen-bond donors (Lipinski definition) is 0. The number of unbranched alkanes of at least 4 members (excludes halogenated alkanes) is 43. The Hall–Kier alpha value is -3.15. The van der Waals surface area contributed by atoms with Crippen LogP contribution in [0.5, 0.6) is 0 Å². The first-order valence-corrected chi connectivity index (χ1v) is 35.9. The Balaban J connectivity index is 4.09. The molecule has 0 rings (SSSR count). The molecule has 0 spiro atoms. The second-order valence-corrected chi connectivity index (χ2v) is 24.1. The molecule has 0 heterocycles. The number of carbonyl (C=O) groups excluding carboxylic acids is 3. The minimum atomic E-state index is -0.791. The first kappa shape index (κ1) is 78.8. The lowest BCUT2D eigenvalue weighted by Crippen LogP contribution is -2.30. The quantitative estimate of drug-likeness (QED) is 0.0261. The number of carbonyl (C=O) groups is 3. The van der Waals surface area contributed by atoms with E-state index in [1.54, 1.807) is 0 Å². The van der Waals surface area contributed by atoms with E-state index in [-0.39, 0.29) is 31.1 Å². The summed E-state index contributed by atoms with van der Waals surface area (Å²) in [5, 5.41) is 0. The van der Waals surface area contributed by atoms with Crippen LogP contribution in [-0.4, -0.2) is 37.2 Å². The van der Waals surface area contributed by atoms with Gasteiger partial charge in [0.1, 0.15) is 13.2 Å². The molecule has 0 saturated heterocycles. The van der Waals surface area contributed by atoms with Crippen molar-refractivity contribution < 1.29 is 28.6 Å². The van der Waals surface area contributed by atoms with Crippen molar-refractivity contribution in [1.29, 1.82) is 0 Å². The Morgan fingerprint density at radius 3 is 0.780 bits per heavy atom. The highest BCUT2D eigenvalue weighted by atomic mass is 16.6. The highest BCUT2D eigenvalue weighted by Crippen LogP contribution is 2.18. The molecule has 6 nitrogen and oxygen atoms in total. The lowest BCUT2D eigenvalue weighted by Gasteiger charge is -2.18. The summed E-state index contributed by atoms with van der Waals surface area (Å²) in [4.78, 5) is 38.3. The number of rotatable bonds is 66. The zero-order valence-electron chi connectivity index (χ0n) is 54.8. The first-order chi connectivity index (χ1) is 40.5. The SMILES string of the molecule is CC/C=C\C/C=C\C/C=C\C/C=C\CCCCCCC(=O)OC(COC(=O)CCCCCCC/C=C\CCCCC)COC(=O)CCCCCCCCCCCCCCCCCCCCCCCCC/C=C\CCCCCCCCCC. The predicted molar refractivity (Wildman–Crippen MR) is 358 cm³/mol. The largest absolute Gasteiger partial charge is 0.462 e. The molecule has 6 heteroatoms. The Morgan fingerprint density at radius 1 is 0.256 bits per heavy atom. The van der Waals surface area contributed by atoms with Gasteiger partial charge in [-0.1, -0.05) is 318 Å². The molecule has 0 bridgehead atoms. The topological polar surface area (TPSA) is 78.9 Å². The third-order valence-electron chi connectivity index (χ3n) is 15.9. The van der Waals surface area contributed by atoms with Crippen LogP contribution in [0, 0.1) is 0 Å². The van der Waals surface area contributed by atoms with E-state index in [1.165, 1.54) is 231 Å². The highest BCUT2D eigenvalue weighted by Gasteiger charge is 2.19. The van der Waals surface area contributed by atoms with Gasteiger partial charge in [-0.05, 0) is 109 Å². The van der Waals surface area contributed by atoms with Gasteiger partial charge in [-0.2, -0.15) is 0 Å². The molecule has 0 aromatic heterocycles. The van der Waals surface area contributed by atoms with Gasteiger partial charge in [0.25, 0.3) is 0 Å². The zero-order chi connectivity index (χ0) is 59.2. The number of esters is 3. The monoisotopic (exact) mass is 1150 g/mol. The second kappa shape index (κ2) is 70.3. The summed E-state index contributed by atoms with van der Waals surface area (Å²) < 4.78 is 16.9. The third-order valence-corrected chi connectivity index (χ3v) is 15.9. The lowest BCUT2D eigenvalue weighted by molar-refractivity contribution is -0.167. The molecule has 0 aromatic carbocycles. The van der Waals surface area contributed by atoms with Crippen LogP contribution < -0.4 is 0 Å². The molecule has 0 saturated carbocycles. The Labute approximate surface area is 510 Å². The van der Waals surface area contributed by atoms with E-state index >= 15 is 0 Å². The fraction of sp³-hybridized carbons (Fsp3) is 0.803. The van der Waals surface area contributed by atoms with E-state index in [0.717, 1.165) is 103 Å². The van der Waals surface area contributed by atoms with Gasteiger partial charge in [0.05, 0.1) is 0 Å². The average molecular weight is 1150 g/mol. The van der Waals surface area contributed by atoms with Crippen molar-refractivity contribution in [3.8, 4) is 0 Å². The van der Waals surface area contributed by atoms with E-state index in [0.29, 0.717) is 19.3 Å². The fourth-order valence-corrected chi connectivity index (χ4v) is 10.5. The van der Waals surface area contributed by atoms with Crippen LogP contribution in [0.1, 0.15) is 374 Å². The summed E-state index contributed by atoms with van der Waals surface area (Å²) in [7, 11) is 0. The first-order valence-electron chi connectivity index (χ1n) is 35.9. The molecule has 1 unspecified atom stereocenters. The van der Waals surface area contributed by atoms with Crippen LogP contribution in [0.4, 0.5) is 0 Å². The van der Waals surface area contributed by atoms with Crippen LogP contribution in [-0.2, 0) is 28.6 Å². The molecular weight excluding hydrogens is 1010 g/mol. The second-order valence-electron chi connectivity index (χ2n) is 24.1. The van der Waals surface area contributed by atoms with Crippen LogP contribution >= 0.6 is 0 Å². The van der Waals surface area contributed by atoms with Gasteiger partial charge in [-0.3, -0.25) is 14.4 Å². The summed E-state index contributed by atoms with van der Waals surface area (Å²) in [6.07, 6.45) is 92.5. The molecule has 476 valence electrons. The normalized spacial score (nSPS) is 12.5. The smallest absolute Gasteiger partial charge is 0.306 e. The maximum absolute atomic E-state index is 12.9. The molecule has 0 aliphatic rings. The van der Waals surface area contributed by atoms with Crippen LogP contribution in [0.3, 0.4) is 0 Å². The van der Waals surface area contributed by atoms with E-state index in [2.05, 4.69) is 93.7 Å². The Kier molecular flexibility index (Phi) is 67.6. The molecule has 0 fully saturated rings. The third kappa shape index (κ3) is 67.6. The van der Waals surface area contributed by atoms with E-state index in [1.807, 2.05) is 0 Å². The molecule has 0 radical (unpaired) electrons. The number of hydrogen-bond acceptors (Lipinski definition) is 6. The van der Waals surface area contributed by atoms with Crippen molar-refractivity contribution >= 4 is 17.9 Å². The highest BCUT2D eigenvalue weighted by molar-refractivity contribution is 5.71. The minimum Gasteiger partial charge on any atom is -0.462 e. The van der Waals surface area contributed by atoms with Crippen LogP contribution in [0.15, 0.2) is 72.9 Å². The summed E-state index contributed by atoms with van der Waals surface area (Å²) in [6.45, 7) is 6.52. The van der Waals surface area contributed by atoms with Crippen molar-refractivity contribution in [1.82, 2.24) is 0 Å². The lowest BCUT2D eigenvalue weighted by atomic mass is 10.0. The van der Waals surface area contributed by atoms with Crippen LogP contribution in [0.2, 0.25) is 0 Å². The van der Waals surface area contributed by atoms with Gasteiger partial charge >= 0.3 is 17.9 Å². The van der Waals surface area contributed by atoms with Gasteiger partial charge in [0, 0.05) is 19.3 Å². The number of allylic oxidation sites excluding steroid dienone is 12. The summed E-state index contributed by atoms with van der Waals surface area (Å²) in [6, 6.07) is 0.